The van der Waals surface area contributed by atoms with Crippen LogP contribution in [0.3, 0.4) is 0 Å². The van der Waals surface area contributed by atoms with Gasteiger partial charge >= 0.3 is 5.97 Å². The fourth-order valence-electron chi connectivity index (χ4n) is 3.61. The number of guanidine groups is 1. The van der Waals surface area contributed by atoms with Gasteiger partial charge in [0.15, 0.2) is 5.96 Å². The molecule has 0 aromatic heterocycles. The molecule has 170 valence electrons. The Morgan fingerprint density at radius 1 is 1.30 bits per heavy atom. The van der Waals surface area contributed by atoms with Gasteiger partial charge in [0.2, 0.25) is 0 Å². The maximum absolute atomic E-state index is 12.2. The molecule has 0 amide bonds. The van der Waals surface area contributed by atoms with E-state index in [1.807, 2.05) is 19.1 Å². The summed E-state index contributed by atoms with van der Waals surface area (Å²) in [5.41, 5.74) is 1.19. The Hall–Kier alpha value is -1.55. The van der Waals surface area contributed by atoms with Crippen LogP contribution in [0.2, 0.25) is 0 Å². The summed E-state index contributed by atoms with van der Waals surface area (Å²) in [5.74, 6) is 1.53. The molecule has 8 heteroatoms. The van der Waals surface area contributed by atoms with Crippen LogP contribution in [0.1, 0.15) is 38.3 Å². The molecule has 30 heavy (non-hydrogen) atoms. The minimum Gasteiger partial charge on any atom is -0.497 e. The number of hydrogen-bond acceptors (Lipinski definition) is 5. The van der Waals surface area contributed by atoms with E-state index in [-0.39, 0.29) is 41.9 Å². The third-order valence-corrected chi connectivity index (χ3v) is 5.21. The number of piperidine rings is 1. The predicted octanol–water partition coefficient (Wildman–Crippen LogP) is 3.16. The van der Waals surface area contributed by atoms with Gasteiger partial charge in [0, 0.05) is 19.6 Å². The van der Waals surface area contributed by atoms with Crippen LogP contribution in [-0.2, 0) is 9.53 Å². The SMILES string of the molecule is CCNC(=NCC(c1ccc(OC)cc1)N(C)C)N1CCCC(C(=O)OCC)C1.I. The normalized spacial score (nSPS) is 17.9. The zero-order valence-electron chi connectivity index (χ0n) is 18.9. The minimum atomic E-state index is -0.0996. The Bertz CT molecular complexity index is 667. The minimum absolute atomic E-state index is 0. The molecular weight excluding hydrogens is 495 g/mol. The molecule has 0 radical (unpaired) electrons. The van der Waals surface area contributed by atoms with Crippen LogP contribution in [-0.4, -0.2) is 75.7 Å². The number of esters is 1. The van der Waals surface area contributed by atoms with Crippen molar-refractivity contribution >= 4 is 35.9 Å². The second-order valence-electron chi connectivity index (χ2n) is 7.48. The van der Waals surface area contributed by atoms with Crippen molar-refractivity contribution in [1.29, 1.82) is 0 Å². The lowest BCUT2D eigenvalue weighted by Gasteiger charge is -2.34. The highest BCUT2D eigenvalue weighted by Crippen LogP contribution is 2.22. The second-order valence-corrected chi connectivity index (χ2v) is 7.48. The van der Waals surface area contributed by atoms with Crippen molar-refractivity contribution in [2.75, 3.05) is 54.0 Å². The maximum atomic E-state index is 12.2. The lowest BCUT2D eigenvalue weighted by molar-refractivity contribution is -0.149. The second kappa shape index (κ2) is 13.7. The third-order valence-electron chi connectivity index (χ3n) is 5.21. The molecule has 0 saturated carbocycles. The smallest absolute Gasteiger partial charge is 0.310 e. The van der Waals surface area contributed by atoms with E-state index in [4.69, 9.17) is 14.5 Å². The highest BCUT2D eigenvalue weighted by molar-refractivity contribution is 14.0. The first-order valence-corrected chi connectivity index (χ1v) is 10.5. The molecule has 1 aliphatic rings. The van der Waals surface area contributed by atoms with Crippen LogP contribution in [0.15, 0.2) is 29.3 Å². The molecular formula is C22H37IN4O3. The van der Waals surface area contributed by atoms with Gasteiger partial charge in [-0.05, 0) is 58.5 Å². The highest BCUT2D eigenvalue weighted by Gasteiger charge is 2.28. The molecule has 0 spiro atoms. The number of ether oxygens (including phenoxy) is 2. The Kier molecular flexibility index (Phi) is 12.1. The van der Waals surface area contributed by atoms with Crippen molar-refractivity contribution in [1.82, 2.24) is 15.1 Å². The number of hydrogen-bond donors (Lipinski definition) is 1. The van der Waals surface area contributed by atoms with Gasteiger partial charge in [-0.2, -0.15) is 0 Å². The molecule has 0 aliphatic carbocycles. The van der Waals surface area contributed by atoms with Crippen molar-refractivity contribution in [2.45, 2.75) is 32.7 Å². The Labute approximate surface area is 198 Å². The number of carbonyl (C=O) groups is 1. The Morgan fingerprint density at radius 2 is 2.00 bits per heavy atom. The predicted molar refractivity (Wildman–Crippen MR) is 132 cm³/mol. The number of nitrogens with one attached hydrogen (secondary N) is 1. The van der Waals surface area contributed by atoms with Crippen molar-refractivity contribution in [2.24, 2.45) is 10.9 Å². The summed E-state index contributed by atoms with van der Waals surface area (Å²) in [5, 5.41) is 3.39. The summed E-state index contributed by atoms with van der Waals surface area (Å²) < 4.78 is 10.5. The lowest BCUT2D eigenvalue weighted by atomic mass is 9.98. The monoisotopic (exact) mass is 532 g/mol. The molecule has 1 heterocycles. The number of nitrogens with zero attached hydrogens (tertiary/aromatic N) is 3. The number of halogens is 1. The summed E-state index contributed by atoms with van der Waals surface area (Å²) in [6, 6.07) is 8.29. The van der Waals surface area contributed by atoms with Gasteiger partial charge in [-0.3, -0.25) is 9.79 Å². The summed E-state index contributed by atoms with van der Waals surface area (Å²) in [4.78, 5) is 21.5. The first-order chi connectivity index (χ1) is 14.0. The fraction of sp³-hybridized carbons (Fsp3) is 0.636. The Balaban J connectivity index is 0.00000450. The van der Waals surface area contributed by atoms with Crippen LogP contribution in [0, 0.1) is 5.92 Å². The number of aliphatic imine (C=N–C) groups is 1. The molecule has 1 saturated heterocycles. The van der Waals surface area contributed by atoms with E-state index in [1.165, 1.54) is 5.56 Å². The number of carbonyl (C=O) groups excluding carboxylic acids is 1. The average Bonchev–Trinajstić information content (AvgIpc) is 2.73. The van der Waals surface area contributed by atoms with E-state index in [0.29, 0.717) is 19.7 Å². The van der Waals surface area contributed by atoms with Gasteiger partial charge in [-0.15, -0.1) is 24.0 Å². The molecule has 0 bridgehead atoms. The largest absolute Gasteiger partial charge is 0.497 e. The summed E-state index contributed by atoms with van der Waals surface area (Å²) in [6.07, 6.45) is 1.84. The van der Waals surface area contributed by atoms with Gasteiger partial charge in [-0.25, -0.2) is 0 Å². The Morgan fingerprint density at radius 3 is 2.57 bits per heavy atom. The summed E-state index contributed by atoms with van der Waals surface area (Å²) >= 11 is 0. The first kappa shape index (κ1) is 26.5. The van der Waals surface area contributed by atoms with E-state index >= 15 is 0 Å². The number of rotatable bonds is 8. The summed E-state index contributed by atoms with van der Waals surface area (Å²) in [7, 11) is 5.80. The zero-order valence-corrected chi connectivity index (χ0v) is 21.2. The third kappa shape index (κ3) is 7.61. The fourth-order valence-corrected chi connectivity index (χ4v) is 3.61. The topological polar surface area (TPSA) is 66.4 Å². The van der Waals surface area contributed by atoms with Crippen LogP contribution in [0.25, 0.3) is 0 Å². The molecule has 1 aromatic carbocycles. The average molecular weight is 532 g/mol. The van der Waals surface area contributed by atoms with Gasteiger partial charge in [0.1, 0.15) is 5.75 Å². The van der Waals surface area contributed by atoms with Gasteiger partial charge in [0.05, 0.1) is 32.2 Å². The number of likely N-dealkylation sites (tertiary alicyclic amines) is 1. The zero-order chi connectivity index (χ0) is 21.2. The number of methoxy groups -OCH3 is 1. The van der Waals surface area contributed by atoms with Crippen LogP contribution in [0.5, 0.6) is 5.75 Å². The van der Waals surface area contributed by atoms with Crippen LogP contribution in [0.4, 0.5) is 0 Å². The van der Waals surface area contributed by atoms with Crippen molar-refractivity contribution in [3.05, 3.63) is 29.8 Å². The molecule has 1 aromatic rings. The molecule has 2 unspecified atom stereocenters. The lowest BCUT2D eigenvalue weighted by Crippen LogP contribution is -2.48. The number of benzene rings is 1. The molecule has 7 nitrogen and oxygen atoms in total. The van der Waals surface area contributed by atoms with Crippen molar-refractivity contribution in [3.8, 4) is 5.75 Å². The van der Waals surface area contributed by atoms with Crippen LogP contribution >= 0.6 is 24.0 Å². The van der Waals surface area contributed by atoms with E-state index in [2.05, 4.69) is 48.3 Å². The van der Waals surface area contributed by atoms with Gasteiger partial charge < -0.3 is 24.6 Å². The molecule has 2 atom stereocenters. The molecule has 2 rings (SSSR count). The molecule has 1 aliphatic heterocycles. The molecule has 1 fully saturated rings. The van der Waals surface area contributed by atoms with E-state index in [0.717, 1.165) is 37.6 Å². The van der Waals surface area contributed by atoms with Crippen molar-refractivity contribution < 1.29 is 14.3 Å². The van der Waals surface area contributed by atoms with Crippen LogP contribution < -0.4 is 10.1 Å². The quantitative estimate of drug-likeness (QED) is 0.240. The number of likely N-dealkylation sites (N-methyl/N-ethyl adjacent to an activating group) is 1. The summed E-state index contributed by atoms with van der Waals surface area (Å²) in [6.45, 7) is 7.31. The van der Waals surface area contributed by atoms with Gasteiger partial charge in [0.25, 0.3) is 0 Å². The molecule has 1 N–H and O–H groups in total. The van der Waals surface area contributed by atoms with Crippen molar-refractivity contribution in [3.63, 3.8) is 0 Å². The highest BCUT2D eigenvalue weighted by atomic mass is 127. The maximum Gasteiger partial charge on any atom is 0.310 e. The van der Waals surface area contributed by atoms with E-state index in [1.54, 1.807) is 7.11 Å². The standard InChI is InChI=1S/C22H36N4O3.HI/c1-6-23-22(26-14-8-9-18(16-26)21(27)29-7-2)24-15-20(25(3)4)17-10-12-19(28-5)13-11-17;/h10-13,18,20H,6-9,14-16H2,1-5H3,(H,23,24);1H. The van der Waals surface area contributed by atoms with Gasteiger partial charge in [-0.1, -0.05) is 12.1 Å². The first-order valence-electron chi connectivity index (χ1n) is 10.5. The van der Waals surface area contributed by atoms with E-state index in [9.17, 15) is 4.79 Å². The van der Waals surface area contributed by atoms with E-state index < -0.39 is 0 Å².